The van der Waals surface area contributed by atoms with E-state index in [9.17, 15) is 9.59 Å². The van der Waals surface area contributed by atoms with Crippen LogP contribution in [-0.2, 0) is 4.79 Å². The molecule has 0 aliphatic rings. The van der Waals surface area contributed by atoms with Crippen LogP contribution in [0.3, 0.4) is 0 Å². The summed E-state index contributed by atoms with van der Waals surface area (Å²) in [5, 5.41) is 9.62. The molecule has 27 heavy (non-hydrogen) atoms. The monoisotopic (exact) mass is 364 g/mol. The number of aromatic nitrogens is 2. The molecule has 7 nitrogen and oxygen atoms in total. The Kier molecular flexibility index (Phi) is 5.12. The van der Waals surface area contributed by atoms with Gasteiger partial charge in [-0.25, -0.2) is 4.68 Å². The number of benzene rings is 2. The van der Waals surface area contributed by atoms with Crippen LogP contribution in [0.15, 0.2) is 53.3 Å². The normalized spacial score (nSPS) is 11.3. The standard InChI is InChI=1S/C20H20N4O3/c1-13-17(20(26)24(23-13)16-7-5-4-6-8-16)12-21-18-11-15(22-14(2)25)9-10-19(18)27-3/h4-12,21,23H,1H2,2-3H3,(H,22,25)/b17-12-. The third-order valence-electron chi connectivity index (χ3n) is 3.91. The number of H-pyrrole nitrogens is 1. The second-order valence-corrected chi connectivity index (χ2v) is 5.87. The Bertz CT molecular complexity index is 1130. The molecule has 1 heterocycles. The maximum atomic E-state index is 12.7. The van der Waals surface area contributed by atoms with Gasteiger partial charge in [-0.3, -0.25) is 14.7 Å². The van der Waals surface area contributed by atoms with E-state index in [1.54, 1.807) is 31.5 Å². The number of carbonyl (C=O) groups excluding carboxylic acids is 1. The minimum atomic E-state index is -0.226. The largest absolute Gasteiger partial charge is 0.495 e. The van der Waals surface area contributed by atoms with Gasteiger partial charge in [0.25, 0.3) is 5.56 Å². The number of carbonyl (C=O) groups is 1. The molecule has 0 aliphatic carbocycles. The van der Waals surface area contributed by atoms with Crippen molar-refractivity contribution in [2.24, 2.45) is 0 Å². The van der Waals surface area contributed by atoms with Gasteiger partial charge in [0.15, 0.2) is 0 Å². The van der Waals surface area contributed by atoms with Gasteiger partial charge in [0, 0.05) is 18.8 Å². The van der Waals surface area contributed by atoms with Crippen molar-refractivity contribution in [3.05, 3.63) is 69.5 Å². The zero-order chi connectivity index (χ0) is 19.4. The van der Waals surface area contributed by atoms with Crippen molar-refractivity contribution in [2.45, 2.75) is 6.92 Å². The first kappa shape index (κ1) is 18.1. The van der Waals surface area contributed by atoms with Crippen molar-refractivity contribution >= 4 is 30.1 Å². The number of amides is 1. The van der Waals surface area contributed by atoms with Gasteiger partial charge in [0.1, 0.15) is 5.75 Å². The highest BCUT2D eigenvalue weighted by Crippen LogP contribution is 2.27. The molecule has 0 unspecified atom stereocenters. The van der Waals surface area contributed by atoms with Gasteiger partial charge in [0.05, 0.1) is 29.1 Å². The quantitative estimate of drug-likeness (QED) is 0.638. The zero-order valence-corrected chi connectivity index (χ0v) is 15.1. The number of anilines is 2. The summed E-state index contributed by atoms with van der Waals surface area (Å²) in [6, 6.07) is 14.4. The fourth-order valence-corrected chi connectivity index (χ4v) is 2.65. The molecular formula is C20H20N4O3. The molecule has 0 fully saturated rings. The smallest absolute Gasteiger partial charge is 0.280 e. The fraction of sp³-hybridized carbons (Fsp3) is 0.100. The summed E-state index contributed by atoms with van der Waals surface area (Å²) in [6.07, 6.45) is 1.57. The van der Waals surface area contributed by atoms with E-state index in [1.165, 1.54) is 11.6 Å². The number of nitrogens with one attached hydrogen (secondary N) is 3. The van der Waals surface area contributed by atoms with Gasteiger partial charge in [-0.1, -0.05) is 24.8 Å². The minimum absolute atomic E-state index is 0.175. The minimum Gasteiger partial charge on any atom is -0.495 e. The van der Waals surface area contributed by atoms with Crippen LogP contribution in [-0.4, -0.2) is 22.8 Å². The number of aromatic amines is 1. The summed E-state index contributed by atoms with van der Waals surface area (Å²) >= 11 is 0. The van der Waals surface area contributed by atoms with Crippen LogP contribution in [0, 0.1) is 0 Å². The fourth-order valence-electron chi connectivity index (χ4n) is 2.65. The number of ether oxygens (including phenoxy) is 1. The third-order valence-corrected chi connectivity index (χ3v) is 3.91. The molecule has 1 amide bonds. The molecule has 7 heteroatoms. The maximum Gasteiger partial charge on any atom is 0.280 e. The number of para-hydroxylation sites is 1. The summed E-state index contributed by atoms with van der Waals surface area (Å²) in [4.78, 5) is 24.0. The molecule has 1 aromatic heterocycles. The molecule has 0 bridgehead atoms. The Morgan fingerprint density at radius 1 is 1.22 bits per heavy atom. The lowest BCUT2D eigenvalue weighted by Crippen LogP contribution is -2.34. The van der Waals surface area contributed by atoms with Gasteiger partial charge in [-0.05, 0) is 30.3 Å². The van der Waals surface area contributed by atoms with E-state index in [1.807, 2.05) is 30.3 Å². The second kappa shape index (κ2) is 7.65. The highest BCUT2D eigenvalue weighted by molar-refractivity contribution is 5.89. The Balaban J connectivity index is 2.00. The molecule has 0 radical (unpaired) electrons. The van der Waals surface area contributed by atoms with Crippen LogP contribution in [0.2, 0.25) is 0 Å². The molecule has 3 N–H and O–H groups in total. The Hall–Kier alpha value is -3.74. The summed E-state index contributed by atoms with van der Waals surface area (Å²) < 4.78 is 6.76. The van der Waals surface area contributed by atoms with Crippen molar-refractivity contribution in [2.75, 3.05) is 17.7 Å². The van der Waals surface area contributed by atoms with E-state index in [2.05, 4.69) is 22.3 Å². The first-order valence-corrected chi connectivity index (χ1v) is 8.27. The van der Waals surface area contributed by atoms with Crippen LogP contribution in [0.5, 0.6) is 5.75 Å². The average Bonchev–Trinajstić information content (AvgIpc) is 2.94. The average molecular weight is 364 g/mol. The van der Waals surface area contributed by atoms with E-state index < -0.39 is 0 Å². The SMILES string of the molecule is C=c1[nH]n(-c2ccccc2)c(=O)/c1=C\Nc1cc(NC(C)=O)ccc1OC. The lowest BCUT2D eigenvalue weighted by Gasteiger charge is -2.10. The van der Waals surface area contributed by atoms with Gasteiger partial charge < -0.3 is 15.4 Å². The second-order valence-electron chi connectivity index (χ2n) is 5.87. The van der Waals surface area contributed by atoms with E-state index >= 15 is 0 Å². The first-order valence-electron chi connectivity index (χ1n) is 8.27. The van der Waals surface area contributed by atoms with Crippen molar-refractivity contribution in [1.82, 2.24) is 9.78 Å². The van der Waals surface area contributed by atoms with Crippen molar-refractivity contribution in [3.63, 3.8) is 0 Å². The van der Waals surface area contributed by atoms with Gasteiger partial charge in [0.2, 0.25) is 5.91 Å². The molecule has 3 aromatic rings. The Morgan fingerprint density at radius 2 is 1.96 bits per heavy atom. The van der Waals surface area contributed by atoms with Crippen LogP contribution >= 0.6 is 0 Å². The third kappa shape index (κ3) is 3.92. The summed E-state index contributed by atoms with van der Waals surface area (Å²) in [5.74, 6) is 0.399. The van der Waals surface area contributed by atoms with Crippen LogP contribution in [0.25, 0.3) is 18.5 Å². The topological polar surface area (TPSA) is 88.2 Å². The Morgan fingerprint density at radius 3 is 2.63 bits per heavy atom. The molecule has 0 atom stereocenters. The van der Waals surface area contributed by atoms with Gasteiger partial charge in [-0.15, -0.1) is 0 Å². The molecule has 3 rings (SSSR count). The number of nitrogens with zero attached hydrogens (tertiary/aromatic N) is 1. The van der Waals surface area contributed by atoms with Crippen LogP contribution < -0.4 is 31.5 Å². The number of hydrogen-bond acceptors (Lipinski definition) is 4. The molecular weight excluding hydrogens is 344 g/mol. The van der Waals surface area contributed by atoms with E-state index in [0.29, 0.717) is 27.7 Å². The molecule has 0 saturated heterocycles. The zero-order valence-electron chi connectivity index (χ0n) is 15.1. The molecule has 2 aromatic carbocycles. The van der Waals surface area contributed by atoms with E-state index in [-0.39, 0.29) is 11.5 Å². The van der Waals surface area contributed by atoms with Crippen molar-refractivity contribution in [1.29, 1.82) is 0 Å². The molecule has 0 spiro atoms. The molecule has 138 valence electrons. The molecule has 0 saturated carbocycles. The highest BCUT2D eigenvalue weighted by Gasteiger charge is 2.07. The predicted octanol–water partition coefficient (Wildman–Crippen LogP) is 1.39. The summed E-state index contributed by atoms with van der Waals surface area (Å²) in [7, 11) is 1.55. The maximum absolute atomic E-state index is 12.7. The number of rotatable bonds is 5. The first-order chi connectivity index (χ1) is 13.0. The number of methoxy groups -OCH3 is 1. The molecule has 0 aliphatic heterocycles. The van der Waals surface area contributed by atoms with Crippen molar-refractivity contribution < 1.29 is 9.53 Å². The van der Waals surface area contributed by atoms with Crippen LogP contribution in [0.1, 0.15) is 6.92 Å². The van der Waals surface area contributed by atoms with Gasteiger partial charge in [-0.2, -0.15) is 0 Å². The van der Waals surface area contributed by atoms with Crippen molar-refractivity contribution in [3.8, 4) is 11.4 Å². The highest BCUT2D eigenvalue weighted by atomic mass is 16.5. The summed E-state index contributed by atoms with van der Waals surface area (Å²) in [6.45, 7) is 5.34. The lowest BCUT2D eigenvalue weighted by atomic mass is 10.2. The lowest BCUT2D eigenvalue weighted by molar-refractivity contribution is -0.114. The van der Waals surface area contributed by atoms with Crippen LogP contribution in [0.4, 0.5) is 11.4 Å². The van der Waals surface area contributed by atoms with E-state index in [0.717, 1.165) is 5.69 Å². The summed E-state index contributed by atoms with van der Waals surface area (Å²) in [5.41, 5.74) is 1.72. The van der Waals surface area contributed by atoms with E-state index in [4.69, 9.17) is 4.74 Å². The predicted molar refractivity (Wildman–Crippen MR) is 107 cm³/mol. The van der Waals surface area contributed by atoms with Gasteiger partial charge >= 0.3 is 0 Å². The Labute approximate surface area is 155 Å². The number of hydrogen-bond donors (Lipinski definition) is 3.